The van der Waals surface area contributed by atoms with Crippen molar-refractivity contribution in [3.05, 3.63) is 77.2 Å². The SMILES string of the molecule is Cc1nn(-c2ccccc2)c2c1[C@@H](c1cccc(F)c1)S[C@@H](C)C(=O)N2. The second-order valence-electron chi connectivity index (χ2n) is 6.30. The summed E-state index contributed by atoms with van der Waals surface area (Å²) in [5.74, 6) is 0.297. The average molecular weight is 367 g/mol. The maximum absolute atomic E-state index is 13.8. The highest BCUT2D eigenvalue weighted by atomic mass is 32.2. The van der Waals surface area contributed by atoms with Crippen molar-refractivity contribution in [3.63, 3.8) is 0 Å². The van der Waals surface area contributed by atoms with Gasteiger partial charge < -0.3 is 5.32 Å². The molecule has 4 nitrogen and oxygen atoms in total. The van der Waals surface area contributed by atoms with Crippen LogP contribution in [0.1, 0.15) is 29.0 Å². The number of aromatic nitrogens is 2. The van der Waals surface area contributed by atoms with Gasteiger partial charge in [-0.3, -0.25) is 4.79 Å². The molecule has 1 N–H and O–H groups in total. The minimum Gasteiger partial charge on any atom is -0.309 e. The first-order valence-electron chi connectivity index (χ1n) is 8.41. The zero-order valence-corrected chi connectivity index (χ0v) is 15.3. The molecule has 0 spiro atoms. The Morgan fingerprint density at radius 1 is 1.15 bits per heavy atom. The van der Waals surface area contributed by atoms with Crippen LogP contribution < -0.4 is 5.32 Å². The molecule has 1 aromatic heterocycles. The number of hydrogen-bond acceptors (Lipinski definition) is 3. The van der Waals surface area contributed by atoms with Crippen LogP contribution in [0.5, 0.6) is 0 Å². The number of anilines is 1. The summed E-state index contributed by atoms with van der Waals surface area (Å²) in [5.41, 5.74) is 3.44. The zero-order chi connectivity index (χ0) is 18.3. The molecule has 2 aromatic carbocycles. The van der Waals surface area contributed by atoms with Gasteiger partial charge in [-0.2, -0.15) is 5.10 Å². The number of aryl methyl sites for hydroxylation is 1. The number of carbonyl (C=O) groups is 1. The van der Waals surface area contributed by atoms with Crippen LogP contribution in [-0.2, 0) is 4.79 Å². The quantitative estimate of drug-likeness (QED) is 0.726. The van der Waals surface area contributed by atoms with E-state index >= 15 is 0 Å². The van der Waals surface area contributed by atoms with Crippen LogP contribution in [0.2, 0.25) is 0 Å². The van der Waals surface area contributed by atoms with Gasteiger partial charge in [-0.1, -0.05) is 30.3 Å². The average Bonchev–Trinajstić information content (AvgIpc) is 2.88. The van der Waals surface area contributed by atoms with Crippen LogP contribution in [0.4, 0.5) is 10.2 Å². The Balaban J connectivity index is 1.92. The maximum atomic E-state index is 13.8. The van der Waals surface area contributed by atoms with Crippen molar-refractivity contribution in [2.75, 3.05) is 5.32 Å². The van der Waals surface area contributed by atoms with Crippen LogP contribution in [0, 0.1) is 12.7 Å². The molecular weight excluding hydrogens is 349 g/mol. The van der Waals surface area contributed by atoms with Crippen LogP contribution >= 0.6 is 11.8 Å². The molecule has 2 atom stereocenters. The molecule has 0 bridgehead atoms. The highest BCUT2D eigenvalue weighted by Crippen LogP contribution is 2.46. The molecule has 0 radical (unpaired) electrons. The molecular formula is C20H18FN3OS. The van der Waals surface area contributed by atoms with Gasteiger partial charge in [0.1, 0.15) is 11.6 Å². The molecule has 1 aliphatic heterocycles. The van der Waals surface area contributed by atoms with E-state index in [1.54, 1.807) is 10.7 Å². The fraction of sp³-hybridized carbons (Fsp3) is 0.200. The molecule has 0 saturated carbocycles. The van der Waals surface area contributed by atoms with Gasteiger partial charge >= 0.3 is 0 Å². The fourth-order valence-corrected chi connectivity index (χ4v) is 4.51. The van der Waals surface area contributed by atoms with Crippen molar-refractivity contribution in [2.24, 2.45) is 0 Å². The second-order valence-corrected chi connectivity index (χ2v) is 7.75. The Labute approximate surface area is 155 Å². The first kappa shape index (κ1) is 16.8. The molecule has 2 heterocycles. The van der Waals surface area contributed by atoms with E-state index in [1.807, 2.05) is 50.2 Å². The number of rotatable bonds is 2. The number of nitrogens with zero attached hydrogens (tertiary/aromatic N) is 2. The van der Waals surface area contributed by atoms with Gasteiger partial charge in [0.15, 0.2) is 0 Å². The molecule has 0 saturated heterocycles. The van der Waals surface area contributed by atoms with E-state index in [4.69, 9.17) is 0 Å². The molecule has 132 valence electrons. The third-order valence-corrected chi connectivity index (χ3v) is 5.87. The summed E-state index contributed by atoms with van der Waals surface area (Å²) in [6.07, 6.45) is 0. The van der Waals surface area contributed by atoms with Gasteiger partial charge in [-0.25, -0.2) is 9.07 Å². The van der Waals surface area contributed by atoms with Gasteiger partial charge in [0, 0.05) is 5.56 Å². The minimum atomic E-state index is -0.283. The van der Waals surface area contributed by atoms with E-state index in [2.05, 4.69) is 10.4 Å². The lowest BCUT2D eigenvalue weighted by atomic mass is 10.0. The van der Waals surface area contributed by atoms with E-state index in [-0.39, 0.29) is 22.2 Å². The molecule has 0 fully saturated rings. The monoisotopic (exact) mass is 367 g/mol. The Kier molecular flexibility index (Phi) is 4.28. The van der Waals surface area contributed by atoms with Crippen molar-refractivity contribution in [2.45, 2.75) is 24.3 Å². The number of halogens is 1. The molecule has 6 heteroatoms. The molecule has 4 rings (SSSR count). The summed E-state index contributed by atoms with van der Waals surface area (Å²) in [4.78, 5) is 12.6. The number of hydrogen-bond donors (Lipinski definition) is 1. The third-order valence-electron chi connectivity index (χ3n) is 4.47. The van der Waals surface area contributed by atoms with Crippen molar-refractivity contribution < 1.29 is 9.18 Å². The fourth-order valence-electron chi connectivity index (χ4n) is 3.20. The lowest BCUT2D eigenvalue weighted by Crippen LogP contribution is -2.22. The van der Waals surface area contributed by atoms with Gasteiger partial charge in [0.25, 0.3) is 0 Å². The smallest absolute Gasteiger partial charge is 0.238 e. The van der Waals surface area contributed by atoms with E-state index in [9.17, 15) is 9.18 Å². The van der Waals surface area contributed by atoms with Crippen LogP contribution in [0.3, 0.4) is 0 Å². The number of thioether (sulfide) groups is 1. The summed E-state index contributed by atoms with van der Waals surface area (Å²) in [5, 5.41) is 7.24. The Morgan fingerprint density at radius 3 is 2.65 bits per heavy atom. The predicted octanol–water partition coefficient (Wildman–Crippen LogP) is 4.48. The van der Waals surface area contributed by atoms with E-state index < -0.39 is 0 Å². The topological polar surface area (TPSA) is 46.9 Å². The number of nitrogens with one attached hydrogen (secondary N) is 1. The van der Waals surface area contributed by atoms with Crippen LogP contribution in [-0.4, -0.2) is 20.9 Å². The highest BCUT2D eigenvalue weighted by molar-refractivity contribution is 8.01. The summed E-state index contributed by atoms with van der Waals surface area (Å²) in [6, 6.07) is 16.2. The van der Waals surface area contributed by atoms with E-state index in [0.717, 1.165) is 22.5 Å². The first-order valence-corrected chi connectivity index (χ1v) is 9.35. The van der Waals surface area contributed by atoms with Gasteiger partial charge in [0.05, 0.1) is 21.9 Å². The van der Waals surface area contributed by atoms with Gasteiger partial charge in [-0.05, 0) is 43.7 Å². The summed E-state index contributed by atoms with van der Waals surface area (Å²) < 4.78 is 15.6. The standard InChI is InChI=1S/C20H18FN3OS/c1-12-17-18(14-7-6-8-15(21)11-14)26-13(2)20(25)22-19(17)24(23-12)16-9-4-3-5-10-16/h3-11,13,18H,1-2H3,(H,22,25)/t13-,18+/m0/s1. The third kappa shape index (κ3) is 2.90. The van der Waals surface area contributed by atoms with Crippen molar-refractivity contribution in [1.82, 2.24) is 9.78 Å². The van der Waals surface area contributed by atoms with E-state index in [0.29, 0.717) is 5.82 Å². The normalized spacial score (nSPS) is 19.6. The zero-order valence-electron chi connectivity index (χ0n) is 14.4. The molecule has 26 heavy (non-hydrogen) atoms. The van der Waals surface area contributed by atoms with E-state index in [1.165, 1.54) is 23.9 Å². The predicted molar refractivity (Wildman–Crippen MR) is 102 cm³/mol. The summed E-state index contributed by atoms with van der Waals surface area (Å²) in [7, 11) is 0. The van der Waals surface area contributed by atoms with Crippen LogP contribution in [0.25, 0.3) is 5.69 Å². The molecule has 3 aromatic rings. The molecule has 1 aliphatic rings. The van der Waals surface area contributed by atoms with Crippen molar-refractivity contribution >= 4 is 23.5 Å². The largest absolute Gasteiger partial charge is 0.309 e. The summed E-state index contributed by atoms with van der Waals surface area (Å²) in [6.45, 7) is 3.79. The molecule has 0 unspecified atom stereocenters. The Hall–Kier alpha value is -2.60. The number of para-hydroxylation sites is 1. The number of carbonyl (C=O) groups excluding carboxylic acids is 1. The lowest BCUT2D eigenvalue weighted by molar-refractivity contribution is -0.115. The Morgan fingerprint density at radius 2 is 1.92 bits per heavy atom. The summed E-state index contributed by atoms with van der Waals surface area (Å²) >= 11 is 1.51. The van der Waals surface area contributed by atoms with Crippen molar-refractivity contribution in [1.29, 1.82) is 0 Å². The lowest BCUT2D eigenvalue weighted by Gasteiger charge is -2.17. The first-order chi connectivity index (χ1) is 12.5. The maximum Gasteiger partial charge on any atom is 0.238 e. The number of amides is 1. The Bertz CT molecular complexity index is 970. The van der Waals surface area contributed by atoms with Crippen molar-refractivity contribution in [3.8, 4) is 5.69 Å². The van der Waals surface area contributed by atoms with Gasteiger partial charge in [-0.15, -0.1) is 11.8 Å². The van der Waals surface area contributed by atoms with Gasteiger partial charge in [0.2, 0.25) is 5.91 Å². The minimum absolute atomic E-state index is 0.0766. The molecule has 0 aliphatic carbocycles. The number of fused-ring (bicyclic) bond motifs is 1. The van der Waals surface area contributed by atoms with Crippen LogP contribution in [0.15, 0.2) is 54.6 Å². The second kappa shape index (κ2) is 6.61. The molecule has 1 amide bonds. The highest BCUT2D eigenvalue weighted by Gasteiger charge is 2.34. The number of benzene rings is 2.